The summed E-state index contributed by atoms with van der Waals surface area (Å²) in [7, 11) is 1.86. The van der Waals surface area contributed by atoms with Crippen molar-refractivity contribution in [1.82, 2.24) is 9.78 Å². The molecular weight excluding hydrogens is 249 g/mol. The van der Waals surface area contributed by atoms with Crippen molar-refractivity contribution in [3.63, 3.8) is 0 Å². The lowest BCUT2D eigenvalue weighted by atomic mass is 10.2. The van der Waals surface area contributed by atoms with Gasteiger partial charge >= 0.3 is 5.97 Å². The fourth-order valence-electron chi connectivity index (χ4n) is 1.78. The van der Waals surface area contributed by atoms with Crippen molar-refractivity contribution in [2.24, 2.45) is 7.05 Å². The maximum absolute atomic E-state index is 13.4. The summed E-state index contributed by atoms with van der Waals surface area (Å²) in [6, 6.07) is 5.91. The highest BCUT2D eigenvalue weighted by molar-refractivity contribution is 5.88. The van der Waals surface area contributed by atoms with E-state index in [2.05, 4.69) is 10.4 Å². The van der Waals surface area contributed by atoms with Gasteiger partial charge in [0, 0.05) is 37.6 Å². The second-order valence-corrected chi connectivity index (χ2v) is 4.12. The molecule has 5 nitrogen and oxygen atoms in total. The molecule has 0 spiro atoms. The molecule has 19 heavy (non-hydrogen) atoms. The SMILES string of the molecule is Cn1nccc1CCNc1ccc(C(=O)O)c(F)c1. The number of benzene rings is 1. The molecule has 0 aliphatic heterocycles. The number of aromatic nitrogens is 2. The third-order valence-corrected chi connectivity index (χ3v) is 2.83. The molecule has 1 heterocycles. The van der Waals surface area contributed by atoms with Gasteiger partial charge in [0.05, 0.1) is 5.56 Å². The van der Waals surface area contributed by atoms with E-state index < -0.39 is 11.8 Å². The number of hydrogen-bond acceptors (Lipinski definition) is 3. The van der Waals surface area contributed by atoms with Crippen molar-refractivity contribution in [3.05, 3.63) is 47.5 Å². The smallest absolute Gasteiger partial charge is 0.338 e. The monoisotopic (exact) mass is 263 g/mol. The van der Waals surface area contributed by atoms with Gasteiger partial charge in [0.1, 0.15) is 5.82 Å². The average Bonchev–Trinajstić information content (AvgIpc) is 2.75. The second-order valence-electron chi connectivity index (χ2n) is 4.12. The van der Waals surface area contributed by atoms with Crippen molar-refractivity contribution in [2.75, 3.05) is 11.9 Å². The zero-order valence-corrected chi connectivity index (χ0v) is 10.4. The Hall–Kier alpha value is -2.37. The molecule has 0 radical (unpaired) electrons. The Morgan fingerprint density at radius 3 is 2.84 bits per heavy atom. The van der Waals surface area contributed by atoms with Crippen molar-refractivity contribution in [3.8, 4) is 0 Å². The first kappa shape index (κ1) is 13.1. The van der Waals surface area contributed by atoms with Gasteiger partial charge in [0.2, 0.25) is 0 Å². The highest BCUT2D eigenvalue weighted by Gasteiger charge is 2.10. The predicted octanol–water partition coefficient (Wildman–Crippen LogP) is 1.91. The summed E-state index contributed by atoms with van der Waals surface area (Å²) in [5, 5.41) is 15.8. The number of carboxylic acid groups (broad SMARTS) is 1. The molecule has 0 unspecified atom stereocenters. The van der Waals surface area contributed by atoms with Gasteiger partial charge in [0.25, 0.3) is 0 Å². The molecule has 0 fully saturated rings. The molecule has 0 bridgehead atoms. The van der Waals surface area contributed by atoms with Gasteiger partial charge in [-0.15, -0.1) is 0 Å². The van der Waals surface area contributed by atoms with E-state index in [1.165, 1.54) is 12.1 Å². The standard InChI is InChI=1S/C13H14FN3O2/c1-17-10(5-7-16-17)4-6-15-9-2-3-11(13(18)19)12(14)8-9/h2-3,5,7-8,15H,4,6H2,1H3,(H,18,19). The maximum Gasteiger partial charge on any atom is 0.338 e. The molecule has 6 heteroatoms. The minimum absolute atomic E-state index is 0.322. The molecule has 1 aromatic heterocycles. The zero-order valence-electron chi connectivity index (χ0n) is 10.4. The predicted molar refractivity (Wildman–Crippen MR) is 68.8 cm³/mol. The Morgan fingerprint density at radius 2 is 2.26 bits per heavy atom. The van der Waals surface area contributed by atoms with Crippen LogP contribution in [0.4, 0.5) is 10.1 Å². The van der Waals surface area contributed by atoms with E-state index in [1.54, 1.807) is 16.9 Å². The fourth-order valence-corrected chi connectivity index (χ4v) is 1.78. The Morgan fingerprint density at radius 1 is 1.47 bits per heavy atom. The van der Waals surface area contributed by atoms with Gasteiger partial charge in [0.15, 0.2) is 0 Å². The molecule has 0 saturated carbocycles. The first-order chi connectivity index (χ1) is 9.08. The summed E-state index contributed by atoms with van der Waals surface area (Å²) in [4.78, 5) is 10.7. The molecule has 1 aromatic carbocycles. The van der Waals surface area contributed by atoms with Crippen LogP contribution in [0.5, 0.6) is 0 Å². The van der Waals surface area contributed by atoms with E-state index in [-0.39, 0.29) is 5.56 Å². The number of nitrogens with one attached hydrogen (secondary N) is 1. The Bertz CT molecular complexity index is 595. The topological polar surface area (TPSA) is 67.2 Å². The Labute approximate surface area is 109 Å². The van der Waals surface area contributed by atoms with Gasteiger partial charge in [-0.25, -0.2) is 9.18 Å². The van der Waals surface area contributed by atoms with Crippen LogP contribution in [0.15, 0.2) is 30.5 Å². The molecule has 0 saturated heterocycles. The van der Waals surface area contributed by atoms with Gasteiger partial charge < -0.3 is 10.4 Å². The van der Waals surface area contributed by atoms with Crippen molar-refractivity contribution >= 4 is 11.7 Å². The molecule has 2 N–H and O–H groups in total. The van der Waals surface area contributed by atoms with Crippen LogP contribution in [0.2, 0.25) is 0 Å². The maximum atomic E-state index is 13.4. The lowest BCUT2D eigenvalue weighted by molar-refractivity contribution is 0.0692. The van der Waals surface area contributed by atoms with Gasteiger partial charge in [-0.1, -0.05) is 0 Å². The number of anilines is 1. The van der Waals surface area contributed by atoms with Crippen LogP contribution >= 0.6 is 0 Å². The molecular formula is C13H14FN3O2. The molecule has 0 aliphatic rings. The van der Waals surface area contributed by atoms with Crippen molar-refractivity contribution < 1.29 is 14.3 Å². The van der Waals surface area contributed by atoms with Crippen molar-refractivity contribution in [1.29, 1.82) is 0 Å². The van der Waals surface area contributed by atoms with E-state index in [1.807, 2.05) is 13.1 Å². The van der Waals surface area contributed by atoms with Crippen LogP contribution < -0.4 is 5.32 Å². The molecule has 0 aliphatic carbocycles. The third-order valence-electron chi connectivity index (χ3n) is 2.83. The highest BCUT2D eigenvalue weighted by atomic mass is 19.1. The molecule has 0 atom stereocenters. The first-order valence-corrected chi connectivity index (χ1v) is 5.81. The molecule has 0 amide bonds. The van der Waals surface area contributed by atoms with Crippen LogP contribution in [0.3, 0.4) is 0 Å². The normalized spacial score (nSPS) is 10.4. The van der Waals surface area contributed by atoms with E-state index in [0.717, 1.165) is 12.1 Å². The summed E-state index contributed by atoms with van der Waals surface area (Å²) in [6.07, 6.45) is 2.47. The van der Waals surface area contributed by atoms with E-state index in [9.17, 15) is 9.18 Å². The number of hydrogen-bond donors (Lipinski definition) is 2. The van der Waals surface area contributed by atoms with Crippen LogP contribution in [-0.4, -0.2) is 27.4 Å². The number of carbonyl (C=O) groups is 1. The number of rotatable bonds is 5. The van der Waals surface area contributed by atoms with Crippen molar-refractivity contribution in [2.45, 2.75) is 6.42 Å². The number of nitrogens with zero attached hydrogens (tertiary/aromatic N) is 2. The van der Waals surface area contributed by atoms with E-state index >= 15 is 0 Å². The minimum atomic E-state index is -1.26. The van der Waals surface area contributed by atoms with Crippen LogP contribution in [0.25, 0.3) is 0 Å². The van der Waals surface area contributed by atoms with Gasteiger partial charge in [-0.05, 0) is 24.3 Å². The zero-order chi connectivity index (χ0) is 13.8. The second kappa shape index (κ2) is 5.51. The highest BCUT2D eigenvalue weighted by Crippen LogP contribution is 2.14. The van der Waals surface area contributed by atoms with Gasteiger partial charge in [-0.3, -0.25) is 4.68 Å². The van der Waals surface area contributed by atoms with E-state index in [0.29, 0.717) is 12.2 Å². The Kier molecular flexibility index (Phi) is 3.79. The summed E-state index contributed by atoms with van der Waals surface area (Å²) in [6.45, 7) is 0.616. The fraction of sp³-hybridized carbons (Fsp3) is 0.231. The first-order valence-electron chi connectivity index (χ1n) is 5.81. The van der Waals surface area contributed by atoms with Crippen LogP contribution in [0, 0.1) is 5.82 Å². The molecule has 100 valence electrons. The minimum Gasteiger partial charge on any atom is -0.478 e. The lowest BCUT2D eigenvalue weighted by Gasteiger charge is -2.07. The average molecular weight is 263 g/mol. The number of halogens is 1. The number of aromatic carboxylic acids is 1. The van der Waals surface area contributed by atoms with Crippen LogP contribution in [0.1, 0.15) is 16.1 Å². The van der Waals surface area contributed by atoms with Gasteiger partial charge in [-0.2, -0.15) is 5.10 Å². The molecule has 2 rings (SSSR count). The third kappa shape index (κ3) is 3.09. The summed E-state index contributed by atoms with van der Waals surface area (Å²) >= 11 is 0. The summed E-state index contributed by atoms with van der Waals surface area (Å²) < 4.78 is 15.2. The summed E-state index contributed by atoms with van der Waals surface area (Å²) in [5.74, 6) is -2.00. The Balaban J connectivity index is 1.95. The quantitative estimate of drug-likeness (QED) is 0.864. The van der Waals surface area contributed by atoms with Crippen LogP contribution in [-0.2, 0) is 13.5 Å². The largest absolute Gasteiger partial charge is 0.478 e. The number of carboxylic acids is 1. The molecule has 2 aromatic rings. The number of aryl methyl sites for hydroxylation is 1. The summed E-state index contributed by atoms with van der Waals surface area (Å²) in [5.41, 5.74) is 1.30. The van der Waals surface area contributed by atoms with E-state index in [4.69, 9.17) is 5.11 Å². The lowest BCUT2D eigenvalue weighted by Crippen LogP contribution is -2.09.